The van der Waals surface area contributed by atoms with E-state index in [1.165, 1.54) is 17.0 Å². The van der Waals surface area contributed by atoms with Crippen LogP contribution in [-0.4, -0.2) is 4.98 Å². The van der Waals surface area contributed by atoms with Gasteiger partial charge in [0.05, 0.1) is 5.69 Å². The molecule has 0 bridgehead atoms. The lowest BCUT2D eigenvalue weighted by Gasteiger charge is -2.15. The zero-order valence-corrected chi connectivity index (χ0v) is 11.0. The van der Waals surface area contributed by atoms with Gasteiger partial charge in [-0.05, 0) is 25.0 Å². The van der Waals surface area contributed by atoms with Gasteiger partial charge in [0.2, 0.25) is 0 Å². The Morgan fingerprint density at radius 1 is 1.24 bits per heavy atom. The summed E-state index contributed by atoms with van der Waals surface area (Å²) in [5, 5.41) is 4.40. The van der Waals surface area contributed by atoms with Gasteiger partial charge in [-0.2, -0.15) is 0 Å². The monoisotopic (exact) mass is 244 g/mol. The Balaban J connectivity index is 1.88. The van der Waals surface area contributed by atoms with E-state index in [4.69, 9.17) is 0 Å². The molecule has 1 aromatic heterocycles. The molecule has 1 aromatic carbocycles. The lowest BCUT2D eigenvalue weighted by atomic mass is 9.93. The minimum absolute atomic E-state index is 0.309. The number of benzene rings is 1. The number of nitrogens with zero attached hydrogens (tertiary/aromatic N) is 1. The first kappa shape index (κ1) is 10.8. The summed E-state index contributed by atoms with van der Waals surface area (Å²) in [6, 6.07) is 10.2. The van der Waals surface area contributed by atoms with E-state index in [1.807, 2.05) is 18.2 Å². The van der Waals surface area contributed by atoms with Crippen LogP contribution in [0.2, 0.25) is 0 Å². The maximum atomic E-state index is 4.69. The van der Waals surface area contributed by atoms with Gasteiger partial charge in [0, 0.05) is 16.0 Å². The Morgan fingerprint density at radius 2 is 2.00 bits per heavy atom. The molecule has 3 heteroatoms. The van der Waals surface area contributed by atoms with Crippen molar-refractivity contribution in [2.24, 2.45) is 0 Å². The van der Waals surface area contributed by atoms with E-state index >= 15 is 0 Å². The topological polar surface area (TPSA) is 24.9 Å². The van der Waals surface area contributed by atoms with Crippen molar-refractivity contribution < 1.29 is 0 Å². The number of para-hydroxylation sites is 1. The number of hydrogen-bond donors (Lipinski definition) is 1. The van der Waals surface area contributed by atoms with Gasteiger partial charge in [-0.1, -0.05) is 32.0 Å². The standard InChI is InChI=1S/C14H16N2S/c1-14(2)9-8-11-12(14)17-13(16-11)15-10-6-4-3-5-7-10/h3-7H,8-9H2,1-2H3,(H,15,16). The second-order valence-electron chi connectivity index (χ2n) is 5.17. The number of hydrogen-bond acceptors (Lipinski definition) is 3. The number of nitrogens with one attached hydrogen (secondary N) is 1. The molecule has 1 N–H and O–H groups in total. The van der Waals surface area contributed by atoms with E-state index in [0.717, 1.165) is 17.2 Å². The van der Waals surface area contributed by atoms with Crippen LogP contribution in [-0.2, 0) is 11.8 Å². The predicted octanol–water partition coefficient (Wildman–Crippen LogP) is 4.11. The van der Waals surface area contributed by atoms with Gasteiger partial charge in [-0.25, -0.2) is 4.98 Å². The summed E-state index contributed by atoms with van der Waals surface area (Å²) in [6.07, 6.45) is 2.35. The smallest absolute Gasteiger partial charge is 0.187 e. The number of anilines is 2. The summed E-state index contributed by atoms with van der Waals surface area (Å²) >= 11 is 1.80. The van der Waals surface area contributed by atoms with Crippen molar-refractivity contribution in [2.75, 3.05) is 5.32 Å². The van der Waals surface area contributed by atoms with E-state index in [2.05, 4.69) is 36.3 Å². The molecule has 88 valence electrons. The largest absolute Gasteiger partial charge is 0.332 e. The second-order valence-corrected chi connectivity index (χ2v) is 6.17. The Labute approximate surface area is 106 Å². The Bertz CT molecular complexity index is 528. The summed E-state index contributed by atoms with van der Waals surface area (Å²) in [6.45, 7) is 4.62. The summed E-state index contributed by atoms with van der Waals surface area (Å²) in [7, 11) is 0. The molecule has 1 aliphatic rings. The molecule has 1 heterocycles. The van der Waals surface area contributed by atoms with E-state index in [1.54, 1.807) is 11.3 Å². The van der Waals surface area contributed by atoms with Gasteiger partial charge in [0.1, 0.15) is 0 Å². The highest BCUT2D eigenvalue weighted by atomic mass is 32.1. The molecule has 0 aliphatic heterocycles. The van der Waals surface area contributed by atoms with E-state index in [-0.39, 0.29) is 0 Å². The fraction of sp³-hybridized carbons (Fsp3) is 0.357. The number of rotatable bonds is 2. The number of aryl methyl sites for hydroxylation is 1. The molecular weight excluding hydrogens is 228 g/mol. The molecule has 0 saturated heterocycles. The number of thiazole rings is 1. The first-order chi connectivity index (χ1) is 8.15. The zero-order valence-electron chi connectivity index (χ0n) is 10.2. The fourth-order valence-electron chi connectivity index (χ4n) is 2.29. The highest BCUT2D eigenvalue weighted by molar-refractivity contribution is 7.16. The summed E-state index contributed by atoms with van der Waals surface area (Å²) in [5.41, 5.74) is 2.71. The van der Waals surface area contributed by atoms with Crippen LogP contribution in [0.5, 0.6) is 0 Å². The Hall–Kier alpha value is -1.35. The molecule has 0 atom stereocenters. The highest BCUT2D eigenvalue weighted by Gasteiger charge is 2.33. The van der Waals surface area contributed by atoms with E-state index in [0.29, 0.717) is 5.41 Å². The van der Waals surface area contributed by atoms with Crippen molar-refractivity contribution in [3.05, 3.63) is 40.9 Å². The quantitative estimate of drug-likeness (QED) is 0.860. The first-order valence-electron chi connectivity index (χ1n) is 5.97. The molecule has 0 amide bonds. The third-order valence-corrected chi connectivity index (χ3v) is 4.70. The van der Waals surface area contributed by atoms with Crippen LogP contribution in [0.3, 0.4) is 0 Å². The number of fused-ring (bicyclic) bond motifs is 1. The average molecular weight is 244 g/mol. The predicted molar refractivity (Wildman–Crippen MR) is 73.2 cm³/mol. The van der Waals surface area contributed by atoms with E-state index in [9.17, 15) is 0 Å². The van der Waals surface area contributed by atoms with Gasteiger partial charge < -0.3 is 5.32 Å². The van der Waals surface area contributed by atoms with Crippen LogP contribution in [0.25, 0.3) is 0 Å². The molecule has 0 unspecified atom stereocenters. The van der Waals surface area contributed by atoms with Crippen molar-refractivity contribution in [2.45, 2.75) is 32.1 Å². The molecule has 2 aromatic rings. The van der Waals surface area contributed by atoms with Gasteiger partial charge in [-0.3, -0.25) is 0 Å². The van der Waals surface area contributed by atoms with E-state index < -0.39 is 0 Å². The van der Waals surface area contributed by atoms with Crippen LogP contribution in [0.15, 0.2) is 30.3 Å². The van der Waals surface area contributed by atoms with Crippen molar-refractivity contribution in [3.63, 3.8) is 0 Å². The third kappa shape index (κ3) is 1.95. The fourth-order valence-corrected chi connectivity index (χ4v) is 3.45. The molecule has 0 saturated carbocycles. The molecule has 3 rings (SSSR count). The summed E-state index contributed by atoms with van der Waals surface area (Å²) in [4.78, 5) is 6.14. The normalized spacial score (nSPS) is 16.8. The zero-order chi connectivity index (χ0) is 11.9. The SMILES string of the molecule is CC1(C)CCc2nc(Nc3ccccc3)sc21. The minimum atomic E-state index is 0.309. The lowest BCUT2D eigenvalue weighted by Crippen LogP contribution is -2.09. The molecule has 0 fully saturated rings. The Morgan fingerprint density at radius 3 is 2.71 bits per heavy atom. The van der Waals surface area contributed by atoms with Crippen molar-refractivity contribution >= 4 is 22.2 Å². The first-order valence-corrected chi connectivity index (χ1v) is 6.79. The van der Waals surface area contributed by atoms with Gasteiger partial charge in [0.25, 0.3) is 0 Å². The molecule has 0 spiro atoms. The van der Waals surface area contributed by atoms with Crippen molar-refractivity contribution in [3.8, 4) is 0 Å². The Kier molecular flexibility index (Phi) is 2.44. The molecular formula is C14H16N2S. The van der Waals surface area contributed by atoms with Gasteiger partial charge in [0.15, 0.2) is 5.13 Å². The van der Waals surface area contributed by atoms with Crippen molar-refractivity contribution in [1.29, 1.82) is 0 Å². The lowest BCUT2D eigenvalue weighted by molar-refractivity contribution is 0.530. The molecule has 2 nitrogen and oxygen atoms in total. The highest BCUT2D eigenvalue weighted by Crippen LogP contribution is 2.43. The summed E-state index contributed by atoms with van der Waals surface area (Å²) in [5.74, 6) is 0. The van der Waals surface area contributed by atoms with Crippen LogP contribution in [0, 0.1) is 0 Å². The third-order valence-electron chi connectivity index (χ3n) is 3.32. The number of aromatic nitrogens is 1. The van der Waals surface area contributed by atoms with Gasteiger partial charge >= 0.3 is 0 Å². The molecule has 17 heavy (non-hydrogen) atoms. The van der Waals surface area contributed by atoms with Crippen molar-refractivity contribution in [1.82, 2.24) is 4.98 Å². The maximum absolute atomic E-state index is 4.69. The van der Waals surface area contributed by atoms with Crippen LogP contribution < -0.4 is 5.32 Å². The minimum Gasteiger partial charge on any atom is -0.332 e. The average Bonchev–Trinajstić information content (AvgIpc) is 2.82. The summed E-state index contributed by atoms with van der Waals surface area (Å²) < 4.78 is 0. The van der Waals surface area contributed by atoms with Crippen LogP contribution >= 0.6 is 11.3 Å². The molecule has 0 radical (unpaired) electrons. The molecule has 1 aliphatic carbocycles. The van der Waals surface area contributed by atoms with Gasteiger partial charge in [-0.15, -0.1) is 11.3 Å². The second kappa shape index (κ2) is 3.84. The van der Waals surface area contributed by atoms with Crippen LogP contribution in [0.1, 0.15) is 30.8 Å². The maximum Gasteiger partial charge on any atom is 0.187 e. The van der Waals surface area contributed by atoms with Crippen LogP contribution in [0.4, 0.5) is 10.8 Å².